The number of hydrogen-bond acceptors (Lipinski definition) is 5. The maximum Gasteiger partial charge on any atom is 0.335 e. The van der Waals surface area contributed by atoms with Crippen molar-refractivity contribution in [3.63, 3.8) is 0 Å². The van der Waals surface area contributed by atoms with Gasteiger partial charge in [0.2, 0.25) is 5.91 Å². The van der Waals surface area contributed by atoms with Crippen LogP contribution in [0.1, 0.15) is 23.2 Å². The maximum atomic E-state index is 12.2. The number of nitriles is 1. The van der Waals surface area contributed by atoms with Crippen molar-refractivity contribution in [1.82, 2.24) is 4.90 Å². The summed E-state index contributed by atoms with van der Waals surface area (Å²) in [6.07, 6.45) is 2.64. The van der Waals surface area contributed by atoms with Crippen LogP contribution in [0.15, 0.2) is 36.0 Å². The first-order valence-electron chi connectivity index (χ1n) is 7.70. The number of carbonyl (C=O) groups is 3. The average Bonchev–Trinajstić information content (AvgIpc) is 2.60. The van der Waals surface area contributed by atoms with E-state index in [1.165, 1.54) is 30.5 Å². The summed E-state index contributed by atoms with van der Waals surface area (Å²) in [5.74, 6) is -2.14. The minimum absolute atomic E-state index is 0.0696. The minimum atomic E-state index is -1.06. The molecule has 0 unspecified atom stereocenters. The Morgan fingerprint density at radius 1 is 1.24 bits per heavy atom. The van der Waals surface area contributed by atoms with Gasteiger partial charge in [-0.25, -0.2) is 4.79 Å². The van der Waals surface area contributed by atoms with Crippen LogP contribution in [0, 0.1) is 17.2 Å². The topological polar surface area (TPSA) is 137 Å². The average molecular weight is 342 g/mol. The van der Waals surface area contributed by atoms with Crippen molar-refractivity contribution in [3.8, 4) is 6.07 Å². The number of carboxylic acids is 1. The molecule has 1 fully saturated rings. The zero-order valence-electron chi connectivity index (χ0n) is 13.4. The Kier molecular flexibility index (Phi) is 5.74. The minimum Gasteiger partial charge on any atom is -0.478 e. The van der Waals surface area contributed by atoms with Crippen LogP contribution in [0.25, 0.3) is 0 Å². The van der Waals surface area contributed by atoms with Crippen LogP contribution in [0.2, 0.25) is 0 Å². The second kappa shape index (κ2) is 7.97. The molecule has 0 saturated carbocycles. The second-order valence-electron chi connectivity index (χ2n) is 5.70. The Morgan fingerprint density at radius 3 is 2.32 bits per heavy atom. The number of amides is 2. The molecule has 4 N–H and O–H groups in total. The molecule has 0 atom stereocenters. The van der Waals surface area contributed by atoms with Crippen molar-refractivity contribution in [1.29, 1.82) is 5.26 Å². The molecule has 1 aromatic rings. The summed E-state index contributed by atoms with van der Waals surface area (Å²) < 4.78 is 0. The molecule has 1 aromatic carbocycles. The van der Waals surface area contributed by atoms with Gasteiger partial charge in [-0.05, 0) is 37.1 Å². The molecule has 0 aliphatic carbocycles. The molecule has 8 nitrogen and oxygen atoms in total. The number of carbonyl (C=O) groups excluding carboxylic acids is 2. The van der Waals surface area contributed by atoms with E-state index >= 15 is 0 Å². The Bertz CT molecular complexity index is 741. The van der Waals surface area contributed by atoms with Crippen LogP contribution in [0.4, 0.5) is 5.69 Å². The van der Waals surface area contributed by atoms with Gasteiger partial charge in [-0.2, -0.15) is 5.26 Å². The van der Waals surface area contributed by atoms with Gasteiger partial charge in [-0.1, -0.05) is 0 Å². The van der Waals surface area contributed by atoms with E-state index in [0.29, 0.717) is 31.6 Å². The van der Waals surface area contributed by atoms with Gasteiger partial charge in [0.05, 0.1) is 5.56 Å². The van der Waals surface area contributed by atoms with E-state index in [4.69, 9.17) is 10.8 Å². The van der Waals surface area contributed by atoms with Crippen LogP contribution in [0.3, 0.4) is 0 Å². The number of primary amides is 1. The number of nitrogens with zero attached hydrogens (tertiary/aromatic N) is 2. The van der Waals surface area contributed by atoms with Gasteiger partial charge in [0.1, 0.15) is 11.6 Å². The number of piperidine rings is 1. The predicted octanol–water partition coefficient (Wildman–Crippen LogP) is 0.928. The normalized spacial score (nSPS) is 15.3. The molecule has 0 aromatic heterocycles. The third kappa shape index (κ3) is 4.81. The molecule has 0 spiro atoms. The fraction of sp³-hybridized carbons (Fsp3) is 0.294. The van der Waals surface area contributed by atoms with Crippen LogP contribution in [-0.4, -0.2) is 40.9 Å². The second-order valence-corrected chi connectivity index (χ2v) is 5.70. The van der Waals surface area contributed by atoms with Gasteiger partial charge in [0.25, 0.3) is 5.91 Å². The predicted molar refractivity (Wildman–Crippen MR) is 89.2 cm³/mol. The first kappa shape index (κ1) is 18.0. The number of rotatable bonds is 5. The summed E-state index contributed by atoms with van der Waals surface area (Å²) in [6.45, 7) is 1.08. The lowest BCUT2D eigenvalue weighted by atomic mass is 9.96. The smallest absolute Gasteiger partial charge is 0.335 e. The van der Waals surface area contributed by atoms with E-state index in [1.54, 1.807) is 0 Å². The highest BCUT2D eigenvalue weighted by molar-refractivity contribution is 6.06. The molecule has 8 heteroatoms. The van der Waals surface area contributed by atoms with E-state index in [9.17, 15) is 19.6 Å². The highest BCUT2D eigenvalue weighted by atomic mass is 16.4. The summed E-state index contributed by atoms with van der Waals surface area (Å²) in [6, 6.07) is 7.49. The summed E-state index contributed by atoms with van der Waals surface area (Å²) in [4.78, 5) is 36.0. The van der Waals surface area contributed by atoms with E-state index < -0.39 is 11.9 Å². The zero-order valence-corrected chi connectivity index (χ0v) is 13.4. The molecule has 25 heavy (non-hydrogen) atoms. The Labute approximate surface area is 144 Å². The molecule has 130 valence electrons. The van der Waals surface area contributed by atoms with Gasteiger partial charge >= 0.3 is 5.97 Å². The Morgan fingerprint density at radius 2 is 1.84 bits per heavy atom. The van der Waals surface area contributed by atoms with Gasteiger partial charge < -0.3 is 21.1 Å². The lowest BCUT2D eigenvalue weighted by Crippen LogP contribution is -2.36. The van der Waals surface area contributed by atoms with Gasteiger partial charge in [-0.3, -0.25) is 9.59 Å². The highest BCUT2D eigenvalue weighted by Gasteiger charge is 2.22. The number of nitrogens with one attached hydrogen (secondary N) is 1. The first-order chi connectivity index (χ1) is 11.9. The van der Waals surface area contributed by atoms with E-state index in [-0.39, 0.29) is 23.0 Å². The monoisotopic (exact) mass is 342 g/mol. The Hall–Kier alpha value is -3.34. The summed E-state index contributed by atoms with van der Waals surface area (Å²) in [7, 11) is 0. The molecule has 1 heterocycles. The number of nitrogens with two attached hydrogens (primary N) is 1. The van der Waals surface area contributed by atoms with Crippen LogP contribution in [0.5, 0.6) is 0 Å². The molecule has 2 rings (SSSR count). The quantitative estimate of drug-likeness (QED) is 0.538. The number of anilines is 1. The van der Waals surface area contributed by atoms with Crippen LogP contribution >= 0.6 is 0 Å². The van der Waals surface area contributed by atoms with Crippen molar-refractivity contribution in [3.05, 3.63) is 41.6 Å². The molecular weight excluding hydrogens is 324 g/mol. The van der Waals surface area contributed by atoms with Gasteiger partial charge in [0.15, 0.2) is 0 Å². The number of likely N-dealkylation sites (tertiary alicyclic amines) is 1. The van der Waals surface area contributed by atoms with Crippen LogP contribution in [-0.2, 0) is 9.59 Å². The fourth-order valence-corrected chi connectivity index (χ4v) is 2.53. The summed E-state index contributed by atoms with van der Waals surface area (Å²) in [5.41, 5.74) is 5.70. The lowest BCUT2D eigenvalue weighted by molar-refractivity contribution is -0.123. The SMILES string of the molecule is N#C/C(=C/N1CCC(C(N)=O)CC1)C(=O)Nc1ccc(C(=O)O)cc1. The van der Waals surface area contributed by atoms with Gasteiger partial charge in [0, 0.05) is 30.9 Å². The lowest BCUT2D eigenvalue weighted by Gasteiger charge is -2.29. The maximum absolute atomic E-state index is 12.2. The Balaban J connectivity index is 2.00. The van der Waals surface area contributed by atoms with Crippen molar-refractivity contribution in [2.24, 2.45) is 11.7 Å². The fourth-order valence-electron chi connectivity index (χ4n) is 2.53. The largest absolute Gasteiger partial charge is 0.478 e. The molecule has 1 saturated heterocycles. The van der Waals surface area contributed by atoms with Crippen LogP contribution < -0.4 is 11.1 Å². The molecule has 0 radical (unpaired) electrons. The standard InChI is InChI=1S/C17H18N4O4/c18-9-13(10-21-7-5-11(6-8-21)15(19)22)16(23)20-14-3-1-12(2-4-14)17(24)25/h1-4,10-11H,5-8H2,(H2,19,22)(H,20,23)(H,24,25)/b13-10-. The van der Waals surface area contributed by atoms with E-state index in [0.717, 1.165) is 0 Å². The highest BCUT2D eigenvalue weighted by Crippen LogP contribution is 2.18. The van der Waals surface area contributed by atoms with E-state index in [2.05, 4.69) is 5.32 Å². The number of aromatic carboxylic acids is 1. The van der Waals surface area contributed by atoms with Crippen molar-refractivity contribution < 1.29 is 19.5 Å². The third-order valence-corrected chi connectivity index (χ3v) is 4.00. The summed E-state index contributed by atoms with van der Waals surface area (Å²) >= 11 is 0. The number of benzene rings is 1. The molecular formula is C17H18N4O4. The molecule has 1 aliphatic rings. The molecule has 0 bridgehead atoms. The van der Waals surface area contributed by atoms with Crippen molar-refractivity contribution >= 4 is 23.5 Å². The van der Waals surface area contributed by atoms with Crippen molar-refractivity contribution in [2.75, 3.05) is 18.4 Å². The number of carboxylic acid groups (broad SMARTS) is 1. The van der Waals surface area contributed by atoms with Crippen molar-refractivity contribution in [2.45, 2.75) is 12.8 Å². The first-order valence-corrected chi connectivity index (χ1v) is 7.70. The zero-order chi connectivity index (χ0) is 18.4. The molecule has 1 aliphatic heterocycles. The number of hydrogen-bond donors (Lipinski definition) is 3. The third-order valence-electron chi connectivity index (χ3n) is 4.00. The molecule has 2 amide bonds. The van der Waals surface area contributed by atoms with E-state index in [1.807, 2.05) is 11.0 Å². The van der Waals surface area contributed by atoms with Gasteiger partial charge in [-0.15, -0.1) is 0 Å². The summed E-state index contributed by atoms with van der Waals surface area (Å²) in [5, 5.41) is 20.6.